The maximum Gasteiger partial charge on any atom is 0.303 e. The van der Waals surface area contributed by atoms with Crippen LogP contribution in [0.2, 0.25) is 0 Å². The van der Waals surface area contributed by atoms with E-state index >= 15 is 0 Å². The lowest BCUT2D eigenvalue weighted by Gasteiger charge is -2.08. The molecule has 6 heteroatoms. The van der Waals surface area contributed by atoms with Gasteiger partial charge in [0.15, 0.2) is 0 Å². The molecule has 104 valence electrons. The highest BCUT2D eigenvalue weighted by molar-refractivity contribution is 5.92. The van der Waals surface area contributed by atoms with Crippen molar-refractivity contribution in [1.29, 1.82) is 0 Å². The van der Waals surface area contributed by atoms with E-state index in [0.717, 1.165) is 11.4 Å². The topological polar surface area (TPSA) is 84.2 Å². The molecule has 1 aromatic carbocycles. The summed E-state index contributed by atoms with van der Waals surface area (Å²) in [6.07, 6.45) is -0.251. The third-order valence-corrected chi connectivity index (χ3v) is 2.67. The number of hydrogen-bond donors (Lipinski definition) is 2. The Balaban J connectivity index is 2.16. The minimum atomic E-state index is -0.993. The highest BCUT2D eigenvalue weighted by atomic mass is 16.4. The summed E-state index contributed by atoms with van der Waals surface area (Å²) < 4.78 is 1.62. The fourth-order valence-corrected chi connectivity index (χ4v) is 1.78. The van der Waals surface area contributed by atoms with Crippen molar-refractivity contribution in [3.63, 3.8) is 0 Å². The fourth-order valence-electron chi connectivity index (χ4n) is 1.78. The minimum absolute atomic E-state index is 0.0612. The van der Waals surface area contributed by atoms with E-state index in [4.69, 9.17) is 5.11 Å². The van der Waals surface area contributed by atoms with E-state index < -0.39 is 5.97 Å². The number of amides is 1. The predicted molar refractivity (Wildman–Crippen MR) is 73.8 cm³/mol. The summed E-state index contributed by atoms with van der Waals surface area (Å²) in [6.45, 7) is 1.83. The van der Waals surface area contributed by atoms with Gasteiger partial charge < -0.3 is 10.4 Å². The third-order valence-electron chi connectivity index (χ3n) is 2.67. The second-order valence-electron chi connectivity index (χ2n) is 4.36. The Kier molecular flexibility index (Phi) is 4.14. The Bertz CT molecular complexity index is 620. The molecule has 0 saturated carbocycles. The largest absolute Gasteiger partial charge is 0.481 e. The highest BCUT2D eigenvalue weighted by Gasteiger charge is 2.11. The number of hydrogen-bond acceptors (Lipinski definition) is 3. The third kappa shape index (κ3) is 3.44. The molecule has 1 aromatic heterocycles. The second-order valence-corrected chi connectivity index (χ2v) is 4.36. The summed E-state index contributed by atoms with van der Waals surface area (Å²) in [7, 11) is 0. The molecule has 1 heterocycles. The molecular formula is C14H15N3O3. The molecule has 0 aliphatic heterocycles. The molecule has 0 fully saturated rings. The van der Waals surface area contributed by atoms with Gasteiger partial charge in [-0.3, -0.25) is 9.59 Å². The fraction of sp³-hybridized carbons (Fsp3) is 0.214. The van der Waals surface area contributed by atoms with Crippen molar-refractivity contribution in [3.8, 4) is 5.69 Å². The zero-order chi connectivity index (χ0) is 14.5. The molecule has 0 spiro atoms. The Morgan fingerprint density at radius 1 is 1.25 bits per heavy atom. The number of anilines is 1. The molecular weight excluding hydrogens is 258 g/mol. The van der Waals surface area contributed by atoms with Crippen LogP contribution in [0.5, 0.6) is 0 Å². The lowest BCUT2D eigenvalue weighted by Crippen LogP contribution is -2.16. The number of aryl methyl sites for hydroxylation is 1. The zero-order valence-electron chi connectivity index (χ0n) is 11.0. The number of nitrogens with zero attached hydrogens (tertiary/aromatic N) is 2. The first kappa shape index (κ1) is 13.8. The first-order valence-corrected chi connectivity index (χ1v) is 6.20. The van der Waals surface area contributed by atoms with Gasteiger partial charge in [0.05, 0.1) is 17.8 Å². The average molecular weight is 273 g/mol. The molecule has 0 aliphatic carbocycles. The van der Waals surface area contributed by atoms with Crippen LogP contribution in [0.25, 0.3) is 5.69 Å². The number of carbonyl (C=O) groups is 2. The minimum Gasteiger partial charge on any atom is -0.481 e. The molecule has 0 atom stereocenters. The van der Waals surface area contributed by atoms with Crippen LogP contribution in [-0.2, 0) is 9.59 Å². The standard InChI is InChI=1S/C14H15N3O3/c1-10-9-12(15-13(18)7-8-14(19)20)17(16-10)11-5-3-2-4-6-11/h2-6,9H,7-8H2,1H3,(H,15,18)(H,19,20). The summed E-state index contributed by atoms with van der Waals surface area (Å²) in [4.78, 5) is 22.1. The summed E-state index contributed by atoms with van der Waals surface area (Å²) in [5, 5.41) is 15.6. The molecule has 6 nitrogen and oxygen atoms in total. The van der Waals surface area contributed by atoms with E-state index in [1.807, 2.05) is 37.3 Å². The summed E-state index contributed by atoms with van der Waals surface area (Å²) in [6, 6.07) is 11.1. The summed E-state index contributed by atoms with van der Waals surface area (Å²) in [5.41, 5.74) is 1.59. The van der Waals surface area contributed by atoms with Gasteiger partial charge in [0, 0.05) is 12.5 Å². The molecule has 20 heavy (non-hydrogen) atoms. The quantitative estimate of drug-likeness (QED) is 0.872. The van der Waals surface area contributed by atoms with E-state index in [0.29, 0.717) is 5.82 Å². The number of benzene rings is 1. The summed E-state index contributed by atoms with van der Waals surface area (Å²) >= 11 is 0. The van der Waals surface area contributed by atoms with Crippen molar-refractivity contribution in [2.24, 2.45) is 0 Å². The smallest absolute Gasteiger partial charge is 0.303 e. The lowest BCUT2D eigenvalue weighted by atomic mass is 10.3. The van der Waals surface area contributed by atoms with Crippen LogP contribution >= 0.6 is 0 Å². The normalized spacial score (nSPS) is 10.2. The van der Waals surface area contributed by atoms with Crippen LogP contribution in [0.1, 0.15) is 18.5 Å². The van der Waals surface area contributed by atoms with E-state index in [2.05, 4.69) is 10.4 Å². The molecule has 0 unspecified atom stereocenters. The molecule has 2 aromatic rings. The van der Waals surface area contributed by atoms with Crippen LogP contribution in [0.3, 0.4) is 0 Å². The Morgan fingerprint density at radius 3 is 2.60 bits per heavy atom. The van der Waals surface area contributed by atoms with E-state index in [1.54, 1.807) is 10.7 Å². The molecule has 0 saturated heterocycles. The Labute approximate surface area is 116 Å². The van der Waals surface area contributed by atoms with Crippen LogP contribution in [0.4, 0.5) is 5.82 Å². The predicted octanol–water partition coefficient (Wildman–Crippen LogP) is 1.98. The van der Waals surface area contributed by atoms with Gasteiger partial charge in [0.2, 0.25) is 5.91 Å². The summed E-state index contributed by atoms with van der Waals surface area (Å²) in [5.74, 6) is -0.804. The maximum absolute atomic E-state index is 11.7. The van der Waals surface area contributed by atoms with Crippen molar-refractivity contribution in [2.45, 2.75) is 19.8 Å². The van der Waals surface area contributed by atoms with Gasteiger partial charge in [-0.2, -0.15) is 5.10 Å². The van der Waals surface area contributed by atoms with Crippen LogP contribution in [-0.4, -0.2) is 26.8 Å². The molecule has 0 aliphatic rings. The number of aromatic nitrogens is 2. The number of para-hydroxylation sites is 1. The number of rotatable bonds is 5. The van der Waals surface area contributed by atoms with Crippen LogP contribution < -0.4 is 5.32 Å². The number of carbonyl (C=O) groups excluding carboxylic acids is 1. The van der Waals surface area contributed by atoms with Gasteiger partial charge in [-0.05, 0) is 19.1 Å². The van der Waals surface area contributed by atoms with Gasteiger partial charge in [0.25, 0.3) is 0 Å². The van der Waals surface area contributed by atoms with Gasteiger partial charge >= 0.3 is 5.97 Å². The van der Waals surface area contributed by atoms with E-state index in [1.165, 1.54) is 0 Å². The van der Waals surface area contributed by atoms with Crippen molar-refractivity contribution in [2.75, 3.05) is 5.32 Å². The Morgan fingerprint density at radius 2 is 1.95 bits per heavy atom. The average Bonchev–Trinajstić information content (AvgIpc) is 2.78. The van der Waals surface area contributed by atoms with Crippen LogP contribution in [0.15, 0.2) is 36.4 Å². The van der Waals surface area contributed by atoms with Gasteiger partial charge in [-0.1, -0.05) is 18.2 Å². The molecule has 2 N–H and O–H groups in total. The monoisotopic (exact) mass is 273 g/mol. The van der Waals surface area contributed by atoms with Crippen LogP contribution in [0, 0.1) is 6.92 Å². The first-order chi connectivity index (χ1) is 9.56. The van der Waals surface area contributed by atoms with Gasteiger partial charge in [-0.25, -0.2) is 4.68 Å². The lowest BCUT2D eigenvalue weighted by molar-refractivity contribution is -0.138. The number of carboxylic acids is 1. The number of aliphatic carboxylic acids is 1. The van der Waals surface area contributed by atoms with Gasteiger partial charge in [0.1, 0.15) is 5.82 Å². The van der Waals surface area contributed by atoms with Gasteiger partial charge in [-0.15, -0.1) is 0 Å². The molecule has 0 radical (unpaired) electrons. The molecule has 0 bridgehead atoms. The first-order valence-electron chi connectivity index (χ1n) is 6.20. The van der Waals surface area contributed by atoms with E-state index in [-0.39, 0.29) is 18.7 Å². The van der Waals surface area contributed by atoms with Crippen molar-refractivity contribution in [1.82, 2.24) is 9.78 Å². The molecule has 2 rings (SSSR count). The van der Waals surface area contributed by atoms with Crippen molar-refractivity contribution >= 4 is 17.7 Å². The SMILES string of the molecule is Cc1cc(NC(=O)CCC(=O)O)n(-c2ccccc2)n1. The van der Waals surface area contributed by atoms with E-state index in [9.17, 15) is 9.59 Å². The maximum atomic E-state index is 11.7. The van der Waals surface area contributed by atoms with Crippen molar-refractivity contribution < 1.29 is 14.7 Å². The zero-order valence-corrected chi connectivity index (χ0v) is 11.0. The van der Waals surface area contributed by atoms with Crippen molar-refractivity contribution in [3.05, 3.63) is 42.1 Å². The number of carboxylic acid groups (broad SMARTS) is 1. The highest BCUT2D eigenvalue weighted by Crippen LogP contribution is 2.17. The number of nitrogens with one attached hydrogen (secondary N) is 1. The Hall–Kier alpha value is -2.63. The second kappa shape index (κ2) is 6.01. The molecule has 1 amide bonds.